The predicted octanol–water partition coefficient (Wildman–Crippen LogP) is 16.3. The Kier molecular flexibility index (Phi) is 9.62. The van der Waals surface area contributed by atoms with Gasteiger partial charge < -0.3 is 9.13 Å². The van der Waals surface area contributed by atoms with E-state index in [-0.39, 0.29) is 16.9 Å². The van der Waals surface area contributed by atoms with Crippen molar-refractivity contribution in [3.8, 4) is 67.3 Å². The maximum Gasteiger partial charge on any atom is 0.416 e. The van der Waals surface area contributed by atoms with Gasteiger partial charge in [-0.3, -0.25) is 9.97 Å². The summed E-state index contributed by atoms with van der Waals surface area (Å²) in [5.74, 6) is -1.86. The lowest BCUT2D eigenvalue weighted by molar-refractivity contribution is -0.137. The Hall–Kier alpha value is -8.69. The Labute approximate surface area is 386 Å². The second-order valence-electron chi connectivity index (χ2n) is 16.7. The minimum atomic E-state index is -4.88. The molecule has 12 aromatic rings. The number of halogens is 5. The highest BCUT2D eigenvalue weighted by molar-refractivity contribution is 6.13. The van der Waals surface area contributed by atoms with Crippen LogP contribution in [0.25, 0.3) is 111 Å². The van der Waals surface area contributed by atoms with Gasteiger partial charge in [-0.1, -0.05) is 140 Å². The Morgan fingerprint density at radius 3 is 1.24 bits per heavy atom. The van der Waals surface area contributed by atoms with Gasteiger partial charge in [0.1, 0.15) is 11.6 Å². The number of hydrogen-bond acceptors (Lipinski definition) is 2. The maximum atomic E-state index is 16.9. The topological polar surface area (TPSA) is 35.6 Å². The van der Waals surface area contributed by atoms with E-state index in [4.69, 9.17) is 9.97 Å². The van der Waals surface area contributed by atoms with Crippen LogP contribution in [0.1, 0.15) is 5.56 Å². The van der Waals surface area contributed by atoms with Crippen molar-refractivity contribution in [2.24, 2.45) is 0 Å². The fourth-order valence-electron chi connectivity index (χ4n) is 9.84. The van der Waals surface area contributed by atoms with Gasteiger partial charge in [0.25, 0.3) is 0 Å². The van der Waals surface area contributed by atoms with Gasteiger partial charge in [0.2, 0.25) is 0 Å². The van der Waals surface area contributed by atoms with Gasteiger partial charge in [-0.05, 0) is 71.8 Å². The van der Waals surface area contributed by atoms with Crippen LogP contribution in [-0.2, 0) is 6.18 Å². The first-order chi connectivity index (χ1) is 33.2. The van der Waals surface area contributed by atoms with Crippen LogP contribution in [0.4, 0.5) is 22.0 Å². The summed E-state index contributed by atoms with van der Waals surface area (Å²) in [6.45, 7) is 0. The molecule has 0 spiro atoms. The van der Waals surface area contributed by atoms with Crippen LogP contribution >= 0.6 is 0 Å². The molecule has 68 heavy (non-hydrogen) atoms. The minimum absolute atomic E-state index is 0.0580. The highest BCUT2D eigenvalue weighted by Crippen LogP contribution is 2.47. The molecule has 326 valence electrons. The van der Waals surface area contributed by atoms with Crippen LogP contribution in [-0.4, -0.2) is 19.1 Å². The van der Waals surface area contributed by atoms with Crippen molar-refractivity contribution < 1.29 is 22.0 Å². The molecule has 0 saturated carbocycles. The molecule has 0 aliphatic heterocycles. The summed E-state index contributed by atoms with van der Waals surface area (Å²) in [6, 6.07) is 59.1. The number of hydrogen-bond donors (Lipinski definition) is 0. The normalized spacial score (nSPS) is 11.9. The van der Waals surface area contributed by atoms with Crippen molar-refractivity contribution in [1.29, 1.82) is 0 Å². The lowest BCUT2D eigenvalue weighted by Gasteiger charge is -2.23. The molecule has 4 nitrogen and oxygen atoms in total. The number of para-hydroxylation sites is 2. The molecular formula is C59H35F5N4. The molecule has 0 aliphatic carbocycles. The van der Waals surface area contributed by atoms with Gasteiger partial charge in [0.15, 0.2) is 0 Å². The van der Waals surface area contributed by atoms with Crippen molar-refractivity contribution in [3.63, 3.8) is 0 Å². The molecule has 0 atom stereocenters. The fraction of sp³-hybridized carbons (Fsp3) is 0.0169. The molecular weight excluding hydrogens is 860 g/mol. The Morgan fingerprint density at radius 1 is 0.353 bits per heavy atom. The summed E-state index contributed by atoms with van der Waals surface area (Å²) < 4.78 is 84.5. The zero-order valence-electron chi connectivity index (χ0n) is 35.9. The van der Waals surface area contributed by atoms with E-state index in [1.807, 2.05) is 170 Å². The van der Waals surface area contributed by atoms with Crippen molar-refractivity contribution in [2.45, 2.75) is 6.18 Å². The minimum Gasteiger partial charge on any atom is -0.308 e. The van der Waals surface area contributed by atoms with Gasteiger partial charge in [-0.2, -0.15) is 13.2 Å². The Balaban J connectivity index is 1.22. The molecule has 0 unspecified atom stereocenters. The van der Waals surface area contributed by atoms with Gasteiger partial charge in [0, 0.05) is 61.8 Å². The first-order valence-corrected chi connectivity index (χ1v) is 22.0. The quantitative estimate of drug-likeness (QED) is 0.149. The molecule has 12 rings (SSSR count). The third-order valence-electron chi connectivity index (χ3n) is 12.8. The van der Waals surface area contributed by atoms with Crippen LogP contribution in [0, 0.1) is 11.6 Å². The second-order valence-corrected chi connectivity index (χ2v) is 16.7. The van der Waals surface area contributed by atoms with Crippen molar-refractivity contribution in [1.82, 2.24) is 19.1 Å². The Bertz CT molecular complexity index is 3690. The average molecular weight is 895 g/mol. The molecule has 9 heteroatoms. The maximum absolute atomic E-state index is 16.9. The summed E-state index contributed by atoms with van der Waals surface area (Å²) >= 11 is 0. The number of benzene rings is 8. The summed E-state index contributed by atoms with van der Waals surface area (Å²) in [4.78, 5) is 9.51. The van der Waals surface area contributed by atoms with E-state index in [1.165, 1.54) is 6.07 Å². The lowest BCUT2D eigenvalue weighted by Crippen LogP contribution is -2.12. The standard InChI is InChI=1S/C59H35F5N4/c60-47-22-11-23-48(61)55(47)56-53(67-49-24-9-7-18-43(49)45-28-26-38(32-51(45)67)41-20-12-30-65-57(41)36-14-3-1-4-15-36)34-40(59(62,63)64)35-54(56)68-50-25-10-8-19-44(50)46-29-27-39(33-52(46)68)42-21-13-31-66-58(42)37-16-5-2-6-17-37/h1-35H. The number of fused-ring (bicyclic) bond motifs is 6. The highest BCUT2D eigenvalue weighted by Gasteiger charge is 2.35. The van der Waals surface area contributed by atoms with Gasteiger partial charge in [0.05, 0.1) is 56.0 Å². The van der Waals surface area contributed by atoms with Crippen LogP contribution in [0.5, 0.6) is 0 Å². The first kappa shape index (κ1) is 40.8. The van der Waals surface area contributed by atoms with Crippen LogP contribution < -0.4 is 0 Å². The van der Waals surface area contributed by atoms with Gasteiger partial charge in [-0.15, -0.1) is 0 Å². The second kappa shape index (κ2) is 16.0. The molecule has 4 aromatic heterocycles. The largest absolute Gasteiger partial charge is 0.416 e. The predicted molar refractivity (Wildman–Crippen MR) is 263 cm³/mol. The monoisotopic (exact) mass is 894 g/mol. The number of nitrogens with zero attached hydrogens (tertiary/aromatic N) is 4. The molecule has 0 radical (unpaired) electrons. The van der Waals surface area contributed by atoms with Crippen LogP contribution in [0.3, 0.4) is 0 Å². The number of aromatic nitrogens is 4. The highest BCUT2D eigenvalue weighted by atomic mass is 19.4. The molecule has 0 saturated heterocycles. The van der Waals surface area contributed by atoms with Crippen molar-refractivity contribution in [2.75, 3.05) is 0 Å². The van der Waals surface area contributed by atoms with Gasteiger partial charge in [-0.25, -0.2) is 8.78 Å². The molecule has 4 heterocycles. The zero-order chi connectivity index (χ0) is 46.1. The van der Waals surface area contributed by atoms with E-state index in [2.05, 4.69) is 0 Å². The average Bonchev–Trinajstić information content (AvgIpc) is 3.88. The van der Waals surface area contributed by atoms with E-state index in [1.54, 1.807) is 21.5 Å². The molecule has 0 aliphatic rings. The summed E-state index contributed by atoms with van der Waals surface area (Å²) in [5, 5.41) is 2.96. The van der Waals surface area contributed by atoms with E-state index in [9.17, 15) is 0 Å². The smallest absolute Gasteiger partial charge is 0.308 e. The zero-order valence-corrected chi connectivity index (χ0v) is 35.9. The molecule has 0 N–H and O–H groups in total. The van der Waals surface area contributed by atoms with E-state index >= 15 is 22.0 Å². The first-order valence-electron chi connectivity index (χ1n) is 22.0. The van der Waals surface area contributed by atoms with E-state index < -0.39 is 28.9 Å². The van der Waals surface area contributed by atoms with Crippen molar-refractivity contribution >= 4 is 43.6 Å². The summed E-state index contributed by atoms with van der Waals surface area (Å²) in [6.07, 6.45) is -1.45. The number of rotatable bonds is 7. The lowest BCUT2D eigenvalue weighted by atomic mass is 9.96. The van der Waals surface area contributed by atoms with E-state index in [0.29, 0.717) is 22.1 Å². The van der Waals surface area contributed by atoms with Crippen LogP contribution in [0.15, 0.2) is 213 Å². The number of alkyl halides is 3. The van der Waals surface area contributed by atoms with Crippen molar-refractivity contribution in [3.05, 3.63) is 230 Å². The SMILES string of the molecule is Fc1cccc(F)c1-c1c(-n2c3ccccc3c3ccc(-c4cccnc4-c4ccccc4)cc32)cc(C(F)(F)F)cc1-n1c2ccccc2c2ccc(-c3cccnc3-c3ccccc3)cc21. The number of pyridine rings is 2. The van der Waals surface area contributed by atoms with Gasteiger partial charge >= 0.3 is 6.18 Å². The molecule has 0 fully saturated rings. The molecule has 0 amide bonds. The molecule has 8 aromatic carbocycles. The third-order valence-corrected chi connectivity index (χ3v) is 12.8. The van der Waals surface area contributed by atoms with Crippen LogP contribution in [0.2, 0.25) is 0 Å². The summed E-state index contributed by atoms with van der Waals surface area (Å²) in [5.41, 5.74) is 6.83. The fourth-order valence-corrected chi connectivity index (χ4v) is 9.84. The Morgan fingerprint density at radius 2 is 0.779 bits per heavy atom. The third kappa shape index (κ3) is 6.65. The molecule has 0 bridgehead atoms. The van der Waals surface area contributed by atoms with E-state index in [0.717, 1.165) is 90.6 Å². The summed E-state index contributed by atoms with van der Waals surface area (Å²) in [7, 11) is 0.